The van der Waals surface area contributed by atoms with Gasteiger partial charge in [0.1, 0.15) is 6.04 Å². The van der Waals surface area contributed by atoms with Gasteiger partial charge in [-0.15, -0.1) is 0 Å². The molecular weight excluding hydrogens is 322 g/mol. The van der Waals surface area contributed by atoms with Crippen molar-refractivity contribution in [1.82, 2.24) is 10.6 Å². The van der Waals surface area contributed by atoms with E-state index in [-0.39, 0.29) is 17.4 Å². The molecular formula is C14H21N3O5S. The van der Waals surface area contributed by atoms with Crippen LogP contribution < -0.4 is 15.8 Å². The second-order valence-corrected chi connectivity index (χ2v) is 6.82. The first-order valence-electron chi connectivity index (χ1n) is 6.89. The zero-order valence-corrected chi connectivity index (χ0v) is 14.0. The van der Waals surface area contributed by atoms with Crippen LogP contribution in [0.15, 0.2) is 29.2 Å². The van der Waals surface area contributed by atoms with E-state index in [4.69, 9.17) is 5.14 Å². The standard InChI is InChI=1S/C14H21N3O5S/c1-9(2)12(13(18)22-3)17-14(19)16-8-10-4-6-11(7-5-10)23(15,20)21/h4-7,9,12H,8H2,1-3H3,(H2,15,20,21)(H2,16,17,19)/t12-/m0/s1. The van der Waals surface area contributed by atoms with Gasteiger partial charge in [-0.25, -0.2) is 23.1 Å². The fourth-order valence-corrected chi connectivity index (χ4v) is 2.31. The second kappa shape index (κ2) is 7.93. The molecule has 0 unspecified atom stereocenters. The molecule has 23 heavy (non-hydrogen) atoms. The van der Waals surface area contributed by atoms with E-state index in [1.807, 2.05) is 0 Å². The van der Waals surface area contributed by atoms with Crippen molar-refractivity contribution < 1.29 is 22.7 Å². The number of nitrogens with one attached hydrogen (secondary N) is 2. The monoisotopic (exact) mass is 343 g/mol. The summed E-state index contributed by atoms with van der Waals surface area (Å²) < 4.78 is 26.9. The number of carbonyl (C=O) groups excluding carboxylic acids is 2. The van der Waals surface area contributed by atoms with Crippen LogP contribution in [0.25, 0.3) is 0 Å². The first-order chi connectivity index (χ1) is 10.6. The second-order valence-electron chi connectivity index (χ2n) is 5.26. The molecule has 0 aromatic heterocycles. The van der Waals surface area contributed by atoms with E-state index >= 15 is 0 Å². The number of hydrogen-bond donors (Lipinski definition) is 3. The summed E-state index contributed by atoms with van der Waals surface area (Å²) in [4.78, 5) is 23.4. The van der Waals surface area contributed by atoms with Gasteiger partial charge in [0.15, 0.2) is 0 Å². The van der Waals surface area contributed by atoms with Crippen molar-refractivity contribution in [2.45, 2.75) is 31.3 Å². The molecule has 0 saturated heterocycles. The number of esters is 1. The SMILES string of the molecule is COC(=O)[C@@H](NC(=O)NCc1ccc(S(N)(=O)=O)cc1)C(C)C. The molecule has 0 fully saturated rings. The average molecular weight is 343 g/mol. The molecule has 128 valence electrons. The van der Waals surface area contributed by atoms with E-state index < -0.39 is 28.1 Å². The van der Waals surface area contributed by atoms with E-state index in [0.717, 1.165) is 0 Å². The molecule has 2 amide bonds. The third kappa shape index (κ3) is 5.87. The number of benzene rings is 1. The summed E-state index contributed by atoms with van der Waals surface area (Å²) in [5.41, 5.74) is 0.687. The van der Waals surface area contributed by atoms with Crippen molar-refractivity contribution in [3.05, 3.63) is 29.8 Å². The molecule has 0 aliphatic heterocycles. The largest absolute Gasteiger partial charge is 0.467 e. The molecule has 9 heteroatoms. The van der Waals surface area contributed by atoms with Gasteiger partial charge in [-0.3, -0.25) is 0 Å². The third-order valence-corrected chi connectivity index (χ3v) is 4.04. The molecule has 1 rings (SSSR count). The lowest BCUT2D eigenvalue weighted by molar-refractivity contribution is -0.143. The van der Waals surface area contributed by atoms with E-state index in [9.17, 15) is 18.0 Å². The van der Waals surface area contributed by atoms with Crippen LogP contribution in [0.3, 0.4) is 0 Å². The Morgan fingerprint density at radius 3 is 2.22 bits per heavy atom. The van der Waals surface area contributed by atoms with Gasteiger partial charge in [0.2, 0.25) is 10.0 Å². The van der Waals surface area contributed by atoms with Crippen molar-refractivity contribution in [3.8, 4) is 0 Å². The lowest BCUT2D eigenvalue weighted by Gasteiger charge is -2.20. The number of nitrogens with two attached hydrogens (primary N) is 1. The van der Waals surface area contributed by atoms with Crippen LogP contribution in [0.1, 0.15) is 19.4 Å². The molecule has 0 aliphatic carbocycles. The lowest BCUT2D eigenvalue weighted by atomic mass is 10.1. The van der Waals surface area contributed by atoms with Crippen molar-refractivity contribution in [2.75, 3.05) is 7.11 Å². The van der Waals surface area contributed by atoms with Crippen LogP contribution in [0, 0.1) is 5.92 Å². The van der Waals surface area contributed by atoms with Gasteiger partial charge >= 0.3 is 12.0 Å². The van der Waals surface area contributed by atoms with Crippen LogP contribution in [0.4, 0.5) is 4.79 Å². The summed E-state index contributed by atoms with van der Waals surface area (Å²) in [7, 11) is -2.49. The highest BCUT2D eigenvalue weighted by Gasteiger charge is 2.24. The Kier molecular flexibility index (Phi) is 6.52. The smallest absolute Gasteiger partial charge is 0.328 e. The highest BCUT2D eigenvalue weighted by molar-refractivity contribution is 7.89. The quantitative estimate of drug-likeness (QED) is 0.641. The van der Waals surface area contributed by atoms with E-state index in [2.05, 4.69) is 15.4 Å². The predicted molar refractivity (Wildman–Crippen MR) is 83.8 cm³/mol. The summed E-state index contributed by atoms with van der Waals surface area (Å²) >= 11 is 0. The van der Waals surface area contributed by atoms with Crippen LogP contribution in [0.2, 0.25) is 0 Å². The summed E-state index contributed by atoms with van der Waals surface area (Å²) in [6.07, 6.45) is 0. The van der Waals surface area contributed by atoms with Crippen LogP contribution in [-0.4, -0.2) is 33.6 Å². The summed E-state index contributed by atoms with van der Waals surface area (Å²) in [5.74, 6) is -0.644. The van der Waals surface area contributed by atoms with Gasteiger partial charge in [-0.1, -0.05) is 26.0 Å². The molecule has 4 N–H and O–H groups in total. The number of hydrogen-bond acceptors (Lipinski definition) is 5. The molecule has 1 aromatic rings. The number of amides is 2. The van der Waals surface area contributed by atoms with Crippen molar-refractivity contribution >= 4 is 22.0 Å². The zero-order chi connectivity index (χ0) is 17.6. The van der Waals surface area contributed by atoms with Crippen molar-refractivity contribution in [1.29, 1.82) is 0 Å². The predicted octanol–water partition coefficient (Wildman–Crippen LogP) is 0.331. The maximum atomic E-state index is 11.8. The minimum atomic E-state index is -3.74. The molecule has 1 aromatic carbocycles. The number of sulfonamides is 1. The van der Waals surface area contributed by atoms with Crippen LogP contribution in [0.5, 0.6) is 0 Å². The van der Waals surface area contributed by atoms with Gasteiger partial charge in [0, 0.05) is 6.54 Å². The molecule has 1 atom stereocenters. The fourth-order valence-electron chi connectivity index (χ4n) is 1.80. The minimum Gasteiger partial charge on any atom is -0.467 e. The van der Waals surface area contributed by atoms with Gasteiger partial charge < -0.3 is 15.4 Å². The van der Waals surface area contributed by atoms with E-state index in [1.54, 1.807) is 26.0 Å². The Bertz CT molecular complexity index is 655. The molecule has 0 saturated carbocycles. The van der Waals surface area contributed by atoms with E-state index in [1.165, 1.54) is 19.2 Å². The summed E-state index contributed by atoms with van der Waals surface area (Å²) in [6, 6.07) is 4.53. The molecule has 0 radical (unpaired) electrons. The molecule has 8 nitrogen and oxygen atoms in total. The molecule has 0 spiro atoms. The maximum absolute atomic E-state index is 11.8. The zero-order valence-electron chi connectivity index (χ0n) is 13.2. The normalized spacial score (nSPS) is 12.6. The van der Waals surface area contributed by atoms with Crippen LogP contribution >= 0.6 is 0 Å². The molecule has 0 heterocycles. The Hall–Kier alpha value is -2.13. The van der Waals surface area contributed by atoms with Crippen molar-refractivity contribution in [2.24, 2.45) is 11.1 Å². The maximum Gasteiger partial charge on any atom is 0.328 e. The average Bonchev–Trinajstić information content (AvgIpc) is 2.49. The first-order valence-corrected chi connectivity index (χ1v) is 8.43. The third-order valence-electron chi connectivity index (χ3n) is 3.11. The summed E-state index contributed by atoms with van der Waals surface area (Å²) in [5, 5.41) is 10.1. The molecule has 0 aliphatic rings. The highest BCUT2D eigenvalue weighted by Crippen LogP contribution is 2.08. The Balaban J connectivity index is 2.60. The highest BCUT2D eigenvalue weighted by atomic mass is 32.2. The number of primary sulfonamides is 1. The first kappa shape index (κ1) is 18.9. The number of ether oxygens (including phenoxy) is 1. The fraction of sp³-hybridized carbons (Fsp3) is 0.429. The van der Waals surface area contributed by atoms with Gasteiger partial charge in [0.25, 0.3) is 0 Å². The van der Waals surface area contributed by atoms with E-state index in [0.29, 0.717) is 5.56 Å². The summed E-state index contributed by atoms with van der Waals surface area (Å²) in [6.45, 7) is 3.74. The Labute approximate surface area is 135 Å². The Morgan fingerprint density at radius 2 is 1.78 bits per heavy atom. The lowest BCUT2D eigenvalue weighted by Crippen LogP contribution is -2.48. The van der Waals surface area contributed by atoms with Gasteiger partial charge in [-0.2, -0.15) is 0 Å². The van der Waals surface area contributed by atoms with Crippen LogP contribution in [-0.2, 0) is 26.1 Å². The topological polar surface area (TPSA) is 128 Å². The van der Waals surface area contributed by atoms with Crippen molar-refractivity contribution in [3.63, 3.8) is 0 Å². The van der Waals surface area contributed by atoms with Gasteiger partial charge in [-0.05, 0) is 23.6 Å². The number of urea groups is 1. The minimum absolute atomic E-state index is 0.00346. The Morgan fingerprint density at radius 1 is 1.22 bits per heavy atom. The number of methoxy groups -OCH3 is 1. The number of rotatable bonds is 6. The number of carbonyl (C=O) groups is 2. The van der Waals surface area contributed by atoms with Gasteiger partial charge in [0.05, 0.1) is 12.0 Å². The molecule has 0 bridgehead atoms.